The maximum Gasteiger partial charge on any atom is 0.301 e. The molecule has 0 saturated carbocycles. The first-order valence-corrected chi connectivity index (χ1v) is 8.54. The minimum absolute atomic E-state index is 0.291. The Kier molecular flexibility index (Phi) is 4.36. The van der Waals surface area contributed by atoms with E-state index in [2.05, 4.69) is 14.9 Å². The van der Waals surface area contributed by atoms with Gasteiger partial charge in [-0.15, -0.1) is 0 Å². The molecule has 8 nitrogen and oxygen atoms in total. The van der Waals surface area contributed by atoms with Gasteiger partial charge in [0.25, 0.3) is 0 Å². The number of anilines is 1. The van der Waals surface area contributed by atoms with E-state index >= 15 is 0 Å². The number of aromatic nitrogens is 2. The van der Waals surface area contributed by atoms with Gasteiger partial charge in [0.2, 0.25) is 11.7 Å². The van der Waals surface area contributed by atoms with Crippen LogP contribution < -0.4 is 4.72 Å². The number of nitrogens with zero attached hydrogens (tertiary/aromatic N) is 3. The van der Waals surface area contributed by atoms with E-state index in [1.807, 2.05) is 6.07 Å². The van der Waals surface area contributed by atoms with Gasteiger partial charge in [-0.3, -0.25) is 4.72 Å². The fourth-order valence-electron chi connectivity index (χ4n) is 2.00. The van der Waals surface area contributed by atoms with E-state index in [0.29, 0.717) is 29.6 Å². The summed E-state index contributed by atoms with van der Waals surface area (Å²) in [5.74, 6) is 1.21. The summed E-state index contributed by atoms with van der Waals surface area (Å²) in [6.07, 6.45) is 1.82. The van der Waals surface area contributed by atoms with Crippen LogP contribution in [0.2, 0.25) is 0 Å². The molecule has 2 heterocycles. The van der Waals surface area contributed by atoms with Crippen LogP contribution in [-0.2, 0) is 16.6 Å². The smallest absolute Gasteiger partial charge is 0.301 e. The lowest BCUT2D eigenvalue weighted by molar-refractivity contribution is 0.384. The molecule has 3 rings (SSSR count). The van der Waals surface area contributed by atoms with Gasteiger partial charge in [-0.25, -0.2) is 0 Å². The molecule has 0 amide bonds. The first-order chi connectivity index (χ1) is 11.5. The topological polar surface area (TPSA) is 101 Å². The molecular weight excluding hydrogens is 332 g/mol. The number of para-hydroxylation sites is 1. The number of hydrogen-bond acceptors (Lipinski definition) is 6. The summed E-state index contributed by atoms with van der Waals surface area (Å²) in [6, 6.07) is 10.5. The van der Waals surface area contributed by atoms with Crippen LogP contribution in [0, 0.1) is 0 Å². The number of benzene rings is 1. The predicted molar refractivity (Wildman–Crippen MR) is 87.5 cm³/mol. The third kappa shape index (κ3) is 3.47. The monoisotopic (exact) mass is 348 g/mol. The van der Waals surface area contributed by atoms with Crippen molar-refractivity contribution >= 4 is 15.9 Å². The minimum Gasteiger partial charge on any atom is -0.461 e. The van der Waals surface area contributed by atoms with Crippen molar-refractivity contribution in [3.63, 3.8) is 0 Å². The Labute approximate surface area is 139 Å². The van der Waals surface area contributed by atoms with Crippen molar-refractivity contribution in [2.75, 3.05) is 18.8 Å². The van der Waals surface area contributed by atoms with Crippen molar-refractivity contribution in [3.8, 4) is 11.6 Å². The Hall–Kier alpha value is -2.65. The SMILES string of the molecule is CN(C)S(=O)(=O)Nc1ccccc1Cc1nc(-c2ccco2)no1. The second kappa shape index (κ2) is 6.46. The summed E-state index contributed by atoms with van der Waals surface area (Å²) < 4.78 is 38.1. The van der Waals surface area contributed by atoms with Crippen molar-refractivity contribution < 1.29 is 17.4 Å². The van der Waals surface area contributed by atoms with Gasteiger partial charge in [-0.2, -0.15) is 17.7 Å². The zero-order chi connectivity index (χ0) is 17.2. The fourth-order valence-corrected chi connectivity index (χ4v) is 2.66. The second-order valence-electron chi connectivity index (χ2n) is 5.21. The largest absolute Gasteiger partial charge is 0.461 e. The fraction of sp³-hybridized carbons (Fsp3) is 0.200. The van der Waals surface area contributed by atoms with Crippen molar-refractivity contribution in [2.24, 2.45) is 0 Å². The van der Waals surface area contributed by atoms with Gasteiger partial charge in [0, 0.05) is 14.1 Å². The minimum atomic E-state index is -3.59. The summed E-state index contributed by atoms with van der Waals surface area (Å²) in [7, 11) is -0.681. The summed E-state index contributed by atoms with van der Waals surface area (Å²) in [5.41, 5.74) is 1.18. The van der Waals surface area contributed by atoms with Crippen LogP contribution in [0.1, 0.15) is 11.5 Å². The van der Waals surface area contributed by atoms with Crippen LogP contribution in [0.3, 0.4) is 0 Å². The molecule has 126 valence electrons. The van der Waals surface area contributed by atoms with Gasteiger partial charge in [-0.1, -0.05) is 23.4 Å². The van der Waals surface area contributed by atoms with Gasteiger partial charge in [-0.05, 0) is 23.8 Å². The zero-order valence-electron chi connectivity index (χ0n) is 13.1. The number of rotatable bonds is 6. The van der Waals surface area contributed by atoms with Gasteiger partial charge >= 0.3 is 10.2 Å². The quantitative estimate of drug-likeness (QED) is 0.732. The normalized spacial score (nSPS) is 11.8. The van der Waals surface area contributed by atoms with Crippen LogP contribution >= 0.6 is 0 Å². The Morgan fingerprint density at radius 3 is 2.67 bits per heavy atom. The predicted octanol–water partition coefficient (Wildman–Crippen LogP) is 2.14. The van der Waals surface area contributed by atoms with Gasteiger partial charge in [0.1, 0.15) is 0 Å². The first kappa shape index (κ1) is 16.2. The Balaban J connectivity index is 1.84. The standard InChI is InChI=1S/C15H16N4O4S/c1-19(2)24(20,21)18-12-7-4-3-6-11(12)10-14-16-15(17-23-14)13-8-5-9-22-13/h3-9,18H,10H2,1-2H3. The molecule has 1 aromatic carbocycles. The average molecular weight is 348 g/mol. The van der Waals surface area contributed by atoms with Crippen LogP contribution in [0.25, 0.3) is 11.6 Å². The van der Waals surface area contributed by atoms with Gasteiger partial charge < -0.3 is 8.94 Å². The van der Waals surface area contributed by atoms with Crippen molar-refractivity contribution in [1.82, 2.24) is 14.4 Å². The Morgan fingerprint density at radius 2 is 1.96 bits per heavy atom. The average Bonchev–Trinajstić information content (AvgIpc) is 3.19. The third-order valence-corrected chi connectivity index (χ3v) is 4.73. The summed E-state index contributed by atoms with van der Waals surface area (Å²) in [6.45, 7) is 0. The molecule has 3 aromatic rings. The van der Waals surface area contributed by atoms with Crippen molar-refractivity contribution in [2.45, 2.75) is 6.42 Å². The highest BCUT2D eigenvalue weighted by Gasteiger charge is 2.17. The molecule has 1 N–H and O–H groups in total. The highest BCUT2D eigenvalue weighted by atomic mass is 32.2. The summed E-state index contributed by atoms with van der Waals surface area (Å²) >= 11 is 0. The number of nitrogens with one attached hydrogen (secondary N) is 1. The van der Waals surface area contributed by atoms with Crippen LogP contribution in [0.5, 0.6) is 0 Å². The highest BCUT2D eigenvalue weighted by Crippen LogP contribution is 2.22. The lowest BCUT2D eigenvalue weighted by Gasteiger charge is -2.15. The van der Waals surface area contributed by atoms with Crippen LogP contribution in [0.15, 0.2) is 51.6 Å². The molecule has 0 atom stereocenters. The van der Waals surface area contributed by atoms with E-state index in [-0.39, 0.29) is 0 Å². The molecule has 0 spiro atoms. The first-order valence-electron chi connectivity index (χ1n) is 7.10. The zero-order valence-corrected chi connectivity index (χ0v) is 13.9. The van der Waals surface area contributed by atoms with E-state index in [9.17, 15) is 8.42 Å². The van der Waals surface area contributed by atoms with Gasteiger partial charge in [0.15, 0.2) is 5.76 Å². The molecule has 0 aliphatic rings. The Morgan fingerprint density at radius 1 is 1.17 bits per heavy atom. The van der Waals surface area contributed by atoms with Crippen LogP contribution in [-0.4, -0.2) is 37.0 Å². The van der Waals surface area contributed by atoms with Gasteiger partial charge in [0.05, 0.1) is 18.4 Å². The van der Waals surface area contributed by atoms with Crippen molar-refractivity contribution in [1.29, 1.82) is 0 Å². The van der Waals surface area contributed by atoms with Crippen molar-refractivity contribution in [3.05, 3.63) is 54.1 Å². The second-order valence-corrected chi connectivity index (χ2v) is 7.10. The lowest BCUT2D eigenvalue weighted by Crippen LogP contribution is -2.29. The maximum atomic E-state index is 12.0. The molecule has 9 heteroatoms. The molecule has 0 bridgehead atoms. The summed E-state index contributed by atoms with van der Waals surface area (Å²) in [5, 5.41) is 3.86. The van der Waals surface area contributed by atoms with E-state index < -0.39 is 10.2 Å². The molecule has 0 fully saturated rings. The number of furan rings is 1. The molecular formula is C15H16N4O4S. The highest BCUT2D eigenvalue weighted by molar-refractivity contribution is 7.90. The lowest BCUT2D eigenvalue weighted by atomic mass is 10.1. The summed E-state index contributed by atoms with van der Waals surface area (Å²) in [4.78, 5) is 4.26. The maximum absolute atomic E-state index is 12.0. The van der Waals surface area contributed by atoms with E-state index in [4.69, 9.17) is 8.94 Å². The molecule has 0 unspecified atom stereocenters. The molecule has 0 saturated heterocycles. The number of hydrogen-bond donors (Lipinski definition) is 1. The van der Waals surface area contributed by atoms with E-state index in [0.717, 1.165) is 9.87 Å². The molecule has 24 heavy (non-hydrogen) atoms. The molecule has 2 aromatic heterocycles. The Bertz CT molecular complexity index is 917. The third-order valence-electron chi connectivity index (χ3n) is 3.29. The van der Waals surface area contributed by atoms with E-state index in [1.54, 1.807) is 30.3 Å². The molecule has 0 aliphatic carbocycles. The molecule has 0 radical (unpaired) electrons. The van der Waals surface area contributed by atoms with E-state index in [1.165, 1.54) is 20.4 Å². The molecule has 0 aliphatic heterocycles. The van der Waals surface area contributed by atoms with Crippen LogP contribution in [0.4, 0.5) is 5.69 Å².